The molecule has 140 valence electrons. The van der Waals surface area contributed by atoms with E-state index >= 15 is 0 Å². The number of H-pyrrole nitrogens is 1. The molecule has 0 amide bonds. The maximum absolute atomic E-state index is 12.3. The van der Waals surface area contributed by atoms with Gasteiger partial charge in [-0.05, 0) is 43.7 Å². The zero-order valence-electron chi connectivity index (χ0n) is 15.8. The molecule has 0 radical (unpaired) electrons. The normalized spacial score (nSPS) is 15.4. The van der Waals surface area contributed by atoms with Gasteiger partial charge >= 0.3 is 0 Å². The molecule has 1 aromatic heterocycles. The van der Waals surface area contributed by atoms with Gasteiger partial charge < -0.3 is 9.88 Å². The van der Waals surface area contributed by atoms with Crippen LogP contribution in [-0.2, 0) is 6.54 Å². The molecular weight excluding hydrogens is 358 g/mol. The molecule has 1 saturated heterocycles. The van der Waals surface area contributed by atoms with Gasteiger partial charge in [0.05, 0.1) is 0 Å². The molecule has 1 fully saturated rings. The van der Waals surface area contributed by atoms with Crippen LogP contribution < -0.4 is 10.3 Å². The topological polar surface area (TPSA) is 39.3 Å². The minimum atomic E-state index is -0.0961. The molecule has 0 unspecified atom stereocenters. The molecule has 0 aliphatic carbocycles. The highest BCUT2D eigenvalue weighted by atomic mass is 35.5. The molecule has 1 aliphatic heterocycles. The standard InChI is InChI=1S/C22H24ClN3O/c1-15-3-6-18(7-4-15)26-11-9-25(10-12-26)14-17-5-8-19-20(13-17)24-16(2)21(23)22(19)27/h3-8,13H,9-12,14H2,1-2H3,(H,24,27). The second-order valence-electron chi connectivity index (χ2n) is 7.37. The summed E-state index contributed by atoms with van der Waals surface area (Å²) >= 11 is 6.07. The zero-order chi connectivity index (χ0) is 19.0. The summed E-state index contributed by atoms with van der Waals surface area (Å²) in [7, 11) is 0. The van der Waals surface area contributed by atoms with Crippen molar-refractivity contribution in [1.82, 2.24) is 9.88 Å². The van der Waals surface area contributed by atoms with Gasteiger partial charge in [-0.1, -0.05) is 35.4 Å². The highest BCUT2D eigenvalue weighted by molar-refractivity contribution is 6.31. The lowest BCUT2D eigenvalue weighted by Gasteiger charge is -2.36. The largest absolute Gasteiger partial charge is 0.369 e. The number of hydrogen-bond donors (Lipinski definition) is 1. The first-order chi connectivity index (χ1) is 13.0. The van der Waals surface area contributed by atoms with Crippen molar-refractivity contribution < 1.29 is 0 Å². The van der Waals surface area contributed by atoms with E-state index in [1.54, 1.807) is 0 Å². The van der Waals surface area contributed by atoms with Crippen LogP contribution in [0.25, 0.3) is 10.9 Å². The molecule has 1 N–H and O–H groups in total. The second kappa shape index (κ2) is 7.37. The summed E-state index contributed by atoms with van der Waals surface area (Å²) < 4.78 is 0. The Morgan fingerprint density at radius 2 is 1.70 bits per heavy atom. The van der Waals surface area contributed by atoms with E-state index in [1.165, 1.54) is 16.8 Å². The van der Waals surface area contributed by atoms with Gasteiger partial charge in [-0.2, -0.15) is 0 Å². The van der Waals surface area contributed by atoms with Gasteiger partial charge in [-0.25, -0.2) is 0 Å². The molecule has 5 heteroatoms. The number of benzene rings is 2. The van der Waals surface area contributed by atoms with Crippen molar-refractivity contribution >= 4 is 28.2 Å². The Morgan fingerprint density at radius 1 is 1.00 bits per heavy atom. The number of anilines is 1. The average molecular weight is 382 g/mol. The molecule has 0 bridgehead atoms. The summed E-state index contributed by atoms with van der Waals surface area (Å²) in [5, 5.41) is 0.931. The highest BCUT2D eigenvalue weighted by Crippen LogP contribution is 2.20. The fourth-order valence-electron chi connectivity index (χ4n) is 3.71. The van der Waals surface area contributed by atoms with Crippen LogP contribution in [0.4, 0.5) is 5.69 Å². The fraction of sp³-hybridized carbons (Fsp3) is 0.318. The van der Waals surface area contributed by atoms with E-state index in [2.05, 4.69) is 52.0 Å². The molecule has 4 nitrogen and oxygen atoms in total. The number of halogens is 1. The fourth-order valence-corrected chi connectivity index (χ4v) is 3.86. The molecule has 2 heterocycles. The van der Waals surface area contributed by atoms with E-state index in [-0.39, 0.29) is 10.5 Å². The second-order valence-corrected chi connectivity index (χ2v) is 7.75. The summed E-state index contributed by atoms with van der Waals surface area (Å²) in [5.74, 6) is 0. The van der Waals surface area contributed by atoms with E-state index in [4.69, 9.17) is 11.6 Å². The Hall–Kier alpha value is -2.30. The van der Waals surface area contributed by atoms with E-state index in [0.29, 0.717) is 5.39 Å². The molecule has 0 saturated carbocycles. The number of aromatic amines is 1. The van der Waals surface area contributed by atoms with Crippen molar-refractivity contribution in [1.29, 1.82) is 0 Å². The van der Waals surface area contributed by atoms with Crippen molar-refractivity contribution in [3.05, 3.63) is 74.5 Å². The number of aryl methyl sites for hydroxylation is 2. The zero-order valence-corrected chi connectivity index (χ0v) is 16.5. The minimum Gasteiger partial charge on any atom is -0.369 e. The lowest BCUT2D eigenvalue weighted by Crippen LogP contribution is -2.45. The Labute approximate surface area is 164 Å². The van der Waals surface area contributed by atoms with Crippen LogP contribution in [0.2, 0.25) is 5.02 Å². The highest BCUT2D eigenvalue weighted by Gasteiger charge is 2.17. The molecule has 1 aliphatic rings. The number of piperazine rings is 1. The van der Waals surface area contributed by atoms with Gasteiger partial charge in [0, 0.05) is 55.0 Å². The number of rotatable bonds is 3. The first kappa shape index (κ1) is 18.1. The molecule has 0 atom stereocenters. The van der Waals surface area contributed by atoms with Crippen LogP contribution in [0.5, 0.6) is 0 Å². The number of nitrogens with zero attached hydrogens (tertiary/aromatic N) is 2. The first-order valence-corrected chi connectivity index (χ1v) is 9.74. The number of fused-ring (bicyclic) bond motifs is 1. The molecule has 4 rings (SSSR count). The third-order valence-corrected chi connectivity index (χ3v) is 5.81. The van der Waals surface area contributed by atoms with E-state index in [0.717, 1.165) is 43.9 Å². The van der Waals surface area contributed by atoms with Gasteiger partial charge in [0.2, 0.25) is 5.43 Å². The Morgan fingerprint density at radius 3 is 2.41 bits per heavy atom. The third kappa shape index (κ3) is 3.73. The quantitative estimate of drug-likeness (QED) is 0.741. The average Bonchev–Trinajstić information content (AvgIpc) is 2.67. The molecule has 3 aromatic rings. The smallest absolute Gasteiger partial charge is 0.208 e. The van der Waals surface area contributed by atoms with Crippen LogP contribution in [-0.4, -0.2) is 36.1 Å². The lowest BCUT2D eigenvalue weighted by molar-refractivity contribution is 0.250. The summed E-state index contributed by atoms with van der Waals surface area (Å²) in [4.78, 5) is 20.4. The Balaban J connectivity index is 1.45. The summed E-state index contributed by atoms with van der Waals surface area (Å²) in [6.45, 7) is 8.96. The van der Waals surface area contributed by atoms with Gasteiger partial charge in [-0.3, -0.25) is 9.69 Å². The Kier molecular flexibility index (Phi) is 4.94. The molecule has 27 heavy (non-hydrogen) atoms. The molecule has 0 spiro atoms. The number of hydrogen-bond acceptors (Lipinski definition) is 3. The predicted molar refractivity (Wildman–Crippen MR) is 113 cm³/mol. The van der Waals surface area contributed by atoms with E-state index in [9.17, 15) is 4.79 Å². The van der Waals surface area contributed by atoms with Crippen LogP contribution in [0.1, 0.15) is 16.8 Å². The number of nitrogens with one attached hydrogen (secondary N) is 1. The SMILES string of the molecule is Cc1ccc(N2CCN(Cc3ccc4c(=O)c(Cl)c(C)[nH]c4c3)CC2)cc1. The number of pyridine rings is 1. The lowest BCUT2D eigenvalue weighted by atomic mass is 10.1. The van der Waals surface area contributed by atoms with Crippen molar-refractivity contribution in [2.75, 3.05) is 31.1 Å². The predicted octanol–water partition coefficient (Wildman–Crippen LogP) is 4.12. The summed E-state index contributed by atoms with van der Waals surface area (Å²) in [6.07, 6.45) is 0. The van der Waals surface area contributed by atoms with Crippen molar-refractivity contribution in [3.8, 4) is 0 Å². The van der Waals surface area contributed by atoms with Crippen LogP contribution in [0.3, 0.4) is 0 Å². The maximum Gasteiger partial charge on any atom is 0.208 e. The van der Waals surface area contributed by atoms with Crippen molar-refractivity contribution in [2.45, 2.75) is 20.4 Å². The third-order valence-electron chi connectivity index (χ3n) is 5.36. The summed E-state index contributed by atoms with van der Waals surface area (Å²) in [6, 6.07) is 14.8. The van der Waals surface area contributed by atoms with Crippen LogP contribution >= 0.6 is 11.6 Å². The number of aromatic nitrogens is 1. The van der Waals surface area contributed by atoms with Gasteiger partial charge in [0.15, 0.2) is 0 Å². The van der Waals surface area contributed by atoms with Crippen molar-refractivity contribution in [3.63, 3.8) is 0 Å². The van der Waals surface area contributed by atoms with Crippen LogP contribution in [0.15, 0.2) is 47.3 Å². The first-order valence-electron chi connectivity index (χ1n) is 9.36. The maximum atomic E-state index is 12.3. The van der Waals surface area contributed by atoms with Gasteiger partial charge in [0.25, 0.3) is 0 Å². The summed E-state index contributed by atoms with van der Waals surface area (Å²) in [5.41, 5.74) is 5.29. The van der Waals surface area contributed by atoms with Crippen molar-refractivity contribution in [2.24, 2.45) is 0 Å². The van der Waals surface area contributed by atoms with E-state index in [1.807, 2.05) is 19.1 Å². The Bertz CT molecular complexity index is 1020. The van der Waals surface area contributed by atoms with Gasteiger partial charge in [0.1, 0.15) is 5.02 Å². The van der Waals surface area contributed by atoms with E-state index < -0.39 is 0 Å². The monoisotopic (exact) mass is 381 g/mol. The molecular formula is C22H24ClN3O. The van der Waals surface area contributed by atoms with Crippen LogP contribution in [0, 0.1) is 13.8 Å². The van der Waals surface area contributed by atoms with Gasteiger partial charge in [-0.15, -0.1) is 0 Å². The minimum absolute atomic E-state index is 0.0961. The molecule has 2 aromatic carbocycles.